The van der Waals surface area contributed by atoms with Crippen LogP contribution in [0.25, 0.3) is 6.08 Å². The summed E-state index contributed by atoms with van der Waals surface area (Å²) in [5, 5.41) is 10.9. The van der Waals surface area contributed by atoms with Crippen molar-refractivity contribution in [1.82, 2.24) is 4.90 Å². The molecule has 0 radical (unpaired) electrons. The van der Waals surface area contributed by atoms with Gasteiger partial charge in [0.25, 0.3) is 5.69 Å². The standard InChI is InChI=1S/C15H18N2O3/c1-11(2)16(13-8-9-13)15(18)10-7-12-5-3-4-6-14(12)17(19)20/h3-7,10-11,13H,8-9H2,1-2H3/b10-7+. The number of carbonyl (C=O) groups excluding carboxylic acids is 1. The third kappa shape index (κ3) is 3.23. The van der Waals surface area contributed by atoms with Gasteiger partial charge in [0.15, 0.2) is 0 Å². The number of amides is 1. The van der Waals surface area contributed by atoms with Gasteiger partial charge in [-0.15, -0.1) is 0 Å². The maximum atomic E-state index is 12.2. The molecule has 5 heteroatoms. The average Bonchev–Trinajstić information content (AvgIpc) is 3.21. The number of nitro benzene ring substituents is 1. The Hall–Kier alpha value is -2.17. The molecule has 0 heterocycles. The average molecular weight is 274 g/mol. The molecule has 1 aromatic rings. The van der Waals surface area contributed by atoms with E-state index in [1.54, 1.807) is 18.2 Å². The lowest BCUT2D eigenvalue weighted by atomic mass is 10.1. The highest BCUT2D eigenvalue weighted by molar-refractivity contribution is 5.93. The van der Waals surface area contributed by atoms with Crippen molar-refractivity contribution in [1.29, 1.82) is 0 Å². The Balaban J connectivity index is 2.16. The molecular formula is C15H18N2O3. The molecular weight excluding hydrogens is 256 g/mol. The molecule has 20 heavy (non-hydrogen) atoms. The summed E-state index contributed by atoms with van der Waals surface area (Å²) in [5.41, 5.74) is 0.462. The molecule has 1 amide bonds. The lowest BCUT2D eigenvalue weighted by molar-refractivity contribution is -0.385. The Labute approximate surface area is 118 Å². The van der Waals surface area contributed by atoms with E-state index in [1.807, 2.05) is 18.7 Å². The molecule has 1 fully saturated rings. The van der Waals surface area contributed by atoms with E-state index in [-0.39, 0.29) is 17.6 Å². The largest absolute Gasteiger partial charge is 0.334 e. The Bertz CT molecular complexity index is 546. The zero-order chi connectivity index (χ0) is 14.7. The van der Waals surface area contributed by atoms with Gasteiger partial charge in [-0.05, 0) is 38.8 Å². The van der Waals surface area contributed by atoms with E-state index in [0.29, 0.717) is 11.6 Å². The zero-order valence-electron chi connectivity index (χ0n) is 11.7. The van der Waals surface area contributed by atoms with E-state index in [1.165, 1.54) is 18.2 Å². The van der Waals surface area contributed by atoms with Crippen LogP contribution in [0.4, 0.5) is 5.69 Å². The van der Waals surface area contributed by atoms with Crippen molar-refractivity contribution < 1.29 is 9.72 Å². The predicted molar refractivity (Wildman–Crippen MR) is 77.1 cm³/mol. The maximum absolute atomic E-state index is 12.2. The summed E-state index contributed by atoms with van der Waals surface area (Å²) in [6.07, 6.45) is 5.05. The molecule has 1 aliphatic carbocycles. The highest BCUT2D eigenvalue weighted by Crippen LogP contribution is 2.29. The molecule has 1 aromatic carbocycles. The Kier molecular flexibility index (Phi) is 4.17. The normalized spacial score (nSPS) is 14.8. The van der Waals surface area contributed by atoms with Crippen molar-refractivity contribution >= 4 is 17.7 Å². The Morgan fingerprint density at radius 3 is 2.60 bits per heavy atom. The molecule has 0 aliphatic heterocycles. The molecule has 5 nitrogen and oxygen atoms in total. The van der Waals surface area contributed by atoms with Gasteiger partial charge in [-0.3, -0.25) is 14.9 Å². The van der Waals surface area contributed by atoms with Crippen LogP contribution in [0.15, 0.2) is 30.3 Å². The number of para-hydroxylation sites is 1. The third-order valence-electron chi connectivity index (χ3n) is 3.29. The van der Waals surface area contributed by atoms with Gasteiger partial charge in [-0.25, -0.2) is 0 Å². The summed E-state index contributed by atoms with van der Waals surface area (Å²) >= 11 is 0. The fourth-order valence-electron chi connectivity index (χ4n) is 2.25. The molecule has 0 unspecified atom stereocenters. The second kappa shape index (κ2) is 5.86. The summed E-state index contributed by atoms with van der Waals surface area (Å²) in [6.45, 7) is 3.96. The summed E-state index contributed by atoms with van der Waals surface area (Å²) < 4.78 is 0. The summed E-state index contributed by atoms with van der Waals surface area (Å²) in [5.74, 6) is -0.0827. The first-order valence-corrected chi connectivity index (χ1v) is 6.74. The molecule has 0 N–H and O–H groups in total. The number of rotatable bonds is 5. The van der Waals surface area contributed by atoms with Crippen LogP contribution in [0.1, 0.15) is 32.3 Å². The van der Waals surface area contributed by atoms with E-state index >= 15 is 0 Å². The summed E-state index contributed by atoms with van der Waals surface area (Å²) in [4.78, 5) is 24.5. The number of hydrogen-bond acceptors (Lipinski definition) is 3. The van der Waals surface area contributed by atoms with Gasteiger partial charge in [-0.1, -0.05) is 12.1 Å². The topological polar surface area (TPSA) is 63.5 Å². The Morgan fingerprint density at radius 2 is 2.05 bits per heavy atom. The van der Waals surface area contributed by atoms with Crippen LogP contribution < -0.4 is 0 Å². The van der Waals surface area contributed by atoms with Crippen molar-refractivity contribution in [3.8, 4) is 0 Å². The molecule has 1 aliphatic rings. The van der Waals surface area contributed by atoms with Crippen LogP contribution in [0.2, 0.25) is 0 Å². The van der Waals surface area contributed by atoms with Crippen LogP contribution in [0.3, 0.4) is 0 Å². The minimum absolute atomic E-state index is 0.0130. The first kappa shape index (κ1) is 14.2. The molecule has 0 aromatic heterocycles. The van der Waals surface area contributed by atoms with Crippen molar-refractivity contribution in [3.05, 3.63) is 46.0 Å². The van der Waals surface area contributed by atoms with Crippen molar-refractivity contribution in [2.24, 2.45) is 0 Å². The van der Waals surface area contributed by atoms with Crippen LogP contribution >= 0.6 is 0 Å². The van der Waals surface area contributed by atoms with Gasteiger partial charge in [0, 0.05) is 24.2 Å². The van der Waals surface area contributed by atoms with E-state index in [9.17, 15) is 14.9 Å². The van der Waals surface area contributed by atoms with Gasteiger partial charge in [0.1, 0.15) is 0 Å². The van der Waals surface area contributed by atoms with Gasteiger partial charge >= 0.3 is 0 Å². The summed E-state index contributed by atoms with van der Waals surface area (Å²) in [7, 11) is 0. The highest BCUT2D eigenvalue weighted by Gasteiger charge is 2.33. The van der Waals surface area contributed by atoms with Crippen LogP contribution in [-0.2, 0) is 4.79 Å². The zero-order valence-corrected chi connectivity index (χ0v) is 11.7. The minimum atomic E-state index is -0.439. The number of nitrogens with zero attached hydrogens (tertiary/aromatic N) is 2. The van der Waals surface area contributed by atoms with Crippen LogP contribution in [0.5, 0.6) is 0 Å². The SMILES string of the molecule is CC(C)N(C(=O)/C=C/c1ccccc1[N+](=O)[O-])C1CC1. The quantitative estimate of drug-likeness (QED) is 0.471. The van der Waals surface area contributed by atoms with Crippen LogP contribution in [-0.4, -0.2) is 27.8 Å². The monoisotopic (exact) mass is 274 g/mol. The number of nitro groups is 1. The number of carbonyl (C=O) groups is 1. The summed E-state index contributed by atoms with van der Waals surface area (Å²) in [6, 6.07) is 6.88. The van der Waals surface area contributed by atoms with Gasteiger partial charge in [0.2, 0.25) is 5.91 Å². The fourth-order valence-corrected chi connectivity index (χ4v) is 2.25. The maximum Gasteiger partial charge on any atom is 0.276 e. The molecule has 2 rings (SSSR count). The van der Waals surface area contributed by atoms with Crippen molar-refractivity contribution in [3.63, 3.8) is 0 Å². The van der Waals surface area contributed by atoms with Crippen molar-refractivity contribution in [2.45, 2.75) is 38.8 Å². The first-order valence-electron chi connectivity index (χ1n) is 6.74. The molecule has 0 bridgehead atoms. The third-order valence-corrected chi connectivity index (χ3v) is 3.29. The molecule has 106 valence electrons. The molecule has 0 saturated heterocycles. The lowest BCUT2D eigenvalue weighted by Crippen LogP contribution is -2.37. The molecule has 0 atom stereocenters. The number of hydrogen-bond donors (Lipinski definition) is 0. The van der Waals surface area contributed by atoms with Crippen molar-refractivity contribution in [2.75, 3.05) is 0 Å². The second-order valence-corrected chi connectivity index (χ2v) is 5.22. The Morgan fingerprint density at radius 1 is 1.40 bits per heavy atom. The van der Waals surface area contributed by atoms with Gasteiger partial charge in [-0.2, -0.15) is 0 Å². The molecule has 0 spiro atoms. The van der Waals surface area contributed by atoms with E-state index in [2.05, 4.69) is 0 Å². The number of benzene rings is 1. The lowest BCUT2D eigenvalue weighted by Gasteiger charge is -2.25. The van der Waals surface area contributed by atoms with Crippen LogP contribution in [0, 0.1) is 10.1 Å². The second-order valence-electron chi connectivity index (χ2n) is 5.22. The van der Waals surface area contributed by atoms with E-state index < -0.39 is 4.92 Å². The van der Waals surface area contributed by atoms with E-state index in [4.69, 9.17) is 0 Å². The van der Waals surface area contributed by atoms with Gasteiger partial charge < -0.3 is 4.90 Å². The fraction of sp³-hybridized carbons (Fsp3) is 0.400. The molecule has 1 saturated carbocycles. The first-order chi connectivity index (χ1) is 9.50. The predicted octanol–water partition coefficient (Wildman–Crippen LogP) is 3.01. The smallest absolute Gasteiger partial charge is 0.276 e. The van der Waals surface area contributed by atoms with E-state index in [0.717, 1.165) is 12.8 Å². The minimum Gasteiger partial charge on any atom is -0.334 e. The van der Waals surface area contributed by atoms with Gasteiger partial charge in [0.05, 0.1) is 10.5 Å². The highest BCUT2D eigenvalue weighted by atomic mass is 16.6.